The van der Waals surface area contributed by atoms with E-state index in [-0.39, 0.29) is 5.56 Å². The zero-order chi connectivity index (χ0) is 18.3. The molecule has 0 amide bonds. The van der Waals surface area contributed by atoms with Crippen LogP contribution < -0.4 is 0 Å². The summed E-state index contributed by atoms with van der Waals surface area (Å²) in [5.41, 5.74) is 2.76. The van der Waals surface area contributed by atoms with Crippen LogP contribution in [0.2, 0.25) is 5.02 Å². The number of halogens is 1. The van der Waals surface area contributed by atoms with Gasteiger partial charge < -0.3 is 9.67 Å². The lowest BCUT2D eigenvalue weighted by molar-refractivity contribution is 0.0699. The van der Waals surface area contributed by atoms with Crippen molar-refractivity contribution in [3.05, 3.63) is 76.5 Å². The number of fused-ring (bicyclic) bond motifs is 2. The number of carbonyl (C=O) groups is 1. The molecule has 126 valence electrons. The Balaban J connectivity index is 1.82. The topological polar surface area (TPSA) is 72.4 Å². The van der Waals surface area contributed by atoms with E-state index >= 15 is 0 Å². The SMILES string of the molecule is [C-]#[N+]c1cnc2c(c1)c(C(=O)O)cn2Cc1ccc2ncc(Cl)cc2c1. The standard InChI is InChI=1S/C19H11ClN4O2/c1-21-14-6-15-16(19(25)26)10-24(18(15)23-8-14)9-11-2-3-17-12(4-11)5-13(20)7-22-17/h2-8,10H,9H2,(H,25,26). The molecule has 26 heavy (non-hydrogen) atoms. The highest BCUT2D eigenvalue weighted by molar-refractivity contribution is 6.31. The molecule has 1 N–H and O–H groups in total. The summed E-state index contributed by atoms with van der Waals surface area (Å²) in [7, 11) is 0. The van der Waals surface area contributed by atoms with Crippen LogP contribution in [0.1, 0.15) is 15.9 Å². The van der Waals surface area contributed by atoms with Gasteiger partial charge in [-0.05, 0) is 29.8 Å². The fourth-order valence-electron chi connectivity index (χ4n) is 2.96. The lowest BCUT2D eigenvalue weighted by Crippen LogP contribution is -2.00. The first kappa shape index (κ1) is 16.1. The molecule has 0 spiro atoms. The average molecular weight is 363 g/mol. The van der Waals surface area contributed by atoms with Crippen molar-refractivity contribution in [3.63, 3.8) is 0 Å². The van der Waals surface area contributed by atoms with Crippen molar-refractivity contribution >= 4 is 45.2 Å². The smallest absolute Gasteiger partial charge is 0.337 e. The number of nitrogens with zero attached hydrogens (tertiary/aromatic N) is 4. The van der Waals surface area contributed by atoms with Crippen LogP contribution in [-0.2, 0) is 6.54 Å². The number of hydrogen-bond donors (Lipinski definition) is 1. The van der Waals surface area contributed by atoms with Gasteiger partial charge in [-0.2, -0.15) is 0 Å². The fourth-order valence-corrected chi connectivity index (χ4v) is 3.13. The molecule has 4 rings (SSSR count). The first-order valence-corrected chi connectivity index (χ1v) is 8.07. The number of rotatable bonds is 3. The summed E-state index contributed by atoms with van der Waals surface area (Å²) < 4.78 is 1.77. The summed E-state index contributed by atoms with van der Waals surface area (Å²) in [5, 5.41) is 11.4. The molecule has 0 aliphatic rings. The number of aromatic carboxylic acids is 1. The van der Waals surface area contributed by atoms with Gasteiger partial charge in [0.2, 0.25) is 5.69 Å². The molecule has 3 aromatic heterocycles. The quantitative estimate of drug-likeness (QED) is 0.543. The van der Waals surface area contributed by atoms with Crippen LogP contribution in [0.3, 0.4) is 0 Å². The maximum Gasteiger partial charge on any atom is 0.337 e. The molecule has 1 aromatic carbocycles. The highest BCUT2D eigenvalue weighted by atomic mass is 35.5. The Morgan fingerprint density at radius 1 is 1.23 bits per heavy atom. The Bertz CT molecular complexity index is 1220. The molecule has 0 atom stereocenters. The fraction of sp³-hybridized carbons (Fsp3) is 0.0526. The van der Waals surface area contributed by atoms with Crippen molar-refractivity contribution in [3.8, 4) is 0 Å². The molecular weight excluding hydrogens is 352 g/mol. The molecule has 0 radical (unpaired) electrons. The van der Waals surface area contributed by atoms with E-state index in [4.69, 9.17) is 18.2 Å². The minimum atomic E-state index is -1.05. The van der Waals surface area contributed by atoms with Gasteiger partial charge in [-0.1, -0.05) is 17.7 Å². The molecule has 3 heterocycles. The molecule has 4 aromatic rings. The Labute approximate surface area is 153 Å². The third-order valence-electron chi connectivity index (χ3n) is 4.12. The van der Waals surface area contributed by atoms with Gasteiger partial charge in [-0.3, -0.25) is 4.98 Å². The predicted octanol–water partition coefficient (Wildman–Crippen LogP) is 4.54. The molecule has 0 saturated carbocycles. The van der Waals surface area contributed by atoms with Gasteiger partial charge in [0.1, 0.15) is 5.65 Å². The second-order valence-electron chi connectivity index (χ2n) is 5.83. The van der Waals surface area contributed by atoms with Crippen molar-refractivity contribution in [2.45, 2.75) is 6.54 Å². The van der Waals surface area contributed by atoms with Crippen LogP contribution in [0, 0.1) is 6.57 Å². The Kier molecular flexibility index (Phi) is 3.79. The normalized spacial score (nSPS) is 10.9. The van der Waals surface area contributed by atoms with Crippen molar-refractivity contribution in [1.29, 1.82) is 0 Å². The highest BCUT2D eigenvalue weighted by Gasteiger charge is 2.16. The zero-order valence-corrected chi connectivity index (χ0v) is 14.1. The van der Waals surface area contributed by atoms with Gasteiger partial charge in [0.05, 0.1) is 22.7 Å². The van der Waals surface area contributed by atoms with Gasteiger partial charge in [0, 0.05) is 35.9 Å². The molecule has 0 fully saturated rings. The molecule has 0 unspecified atom stereocenters. The van der Waals surface area contributed by atoms with E-state index in [1.165, 1.54) is 6.20 Å². The predicted molar refractivity (Wildman–Crippen MR) is 98.8 cm³/mol. The summed E-state index contributed by atoms with van der Waals surface area (Å²) in [6, 6.07) is 9.19. The molecular formula is C19H11ClN4O2. The minimum Gasteiger partial charge on any atom is -0.478 e. The van der Waals surface area contributed by atoms with Crippen LogP contribution in [0.4, 0.5) is 5.69 Å². The highest BCUT2D eigenvalue weighted by Crippen LogP contribution is 2.26. The molecule has 0 aliphatic carbocycles. The summed E-state index contributed by atoms with van der Waals surface area (Å²) >= 11 is 6.01. The van der Waals surface area contributed by atoms with Crippen LogP contribution in [0.25, 0.3) is 26.8 Å². The third-order valence-corrected chi connectivity index (χ3v) is 4.33. The van der Waals surface area contributed by atoms with E-state index in [9.17, 15) is 9.90 Å². The Hall–Kier alpha value is -3.43. The molecule has 0 aliphatic heterocycles. The first-order valence-electron chi connectivity index (χ1n) is 7.69. The van der Waals surface area contributed by atoms with Crippen LogP contribution in [0.5, 0.6) is 0 Å². The maximum atomic E-state index is 11.6. The number of aromatic nitrogens is 3. The van der Waals surface area contributed by atoms with Crippen molar-refractivity contribution in [1.82, 2.24) is 14.5 Å². The third kappa shape index (κ3) is 2.75. The molecule has 7 heteroatoms. The number of carboxylic acid groups (broad SMARTS) is 1. The lowest BCUT2D eigenvalue weighted by atomic mass is 10.1. The number of benzene rings is 1. The zero-order valence-electron chi connectivity index (χ0n) is 13.3. The molecule has 6 nitrogen and oxygen atoms in total. The van der Waals surface area contributed by atoms with Crippen molar-refractivity contribution in [2.24, 2.45) is 0 Å². The van der Waals surface area contributed by atoms with E-state index in [1.54, 1.807) is 23.0 Å². The van der Waals surface area contributed by atoms with Gasteiger partial charge in [0.15, 0.2) is 0 Å². The maximum absolute atomic E-state index is 11.6. The largest absolute Gasteiger partial charge is 0.478 e. The van der Waals surface area contributed by atoms with Gasteiger partial charge >= 0.3 is 5.97 Å². The van der Waals surface area contributed by atoms with Crippen molar-refractivity contribution in [2.75, 3.05) is 0 Å². The monoisotopic (exact) mass is 362 g/mol. The number of pyridine rings is 2. The summed E-state index contributed by atoms with van der Waals surface area (Å²) in [6.07, 6.45) is 4.59. The van der Waals surface area contributed by atoms with Crippen LogP contribution in [-0.4, -0.2) is 25.6 Å². The Morgan fingerprint density at radius 2 is 2.08 bits per heavy atom. The minimum absolute atomic E-state index is 0.128. The van der Waals surface area contributed by atoms with Crippen LogP contribution >= 0.6 is 11.6 Å². The second kappa shape index (κ2) is 6.14. The van der Waals surface area contributed by atoms with E-state index in [0.29, 0.717) is 28.3 Å². The average Bonchev–Trinajstić information content (AvgIpc) is 2.99. The number of hydrogen-bond acceptors (Lipinski definition) is 3. The summed E-state index contributed by atoms with van der Waals surface area (Å²) in [6.45, 7) is 7.53. The van der Waals surface area contributed by atoms with E-state index in [1.807, 2.05) is 24.3 Å². The van der Waals surface area contributed by atoms with E-state index < -0.39 is 5.97 Å². The van der Waals surface area contributed by atoms with Gasteiger partial charge in [-0.15, -0.1) is 0 Å². The number of carboxylic acids is 1. The lowest BCUT2D eigenvalue weighted by Gasteiger charge is -2.07. The van der Waals surface area contributed by atoms with Crippen molar-refractivity contribution < 1.29 is 9.90 Å². The van der Waals surface area contributed by atoms with E-state index in [2.05, 4.69) is 14.8 Å². The first-order chi connectivity index (χ1) is 12.5. The summed E-state index contributed by atoms with van der Waals surface area (Å²) in [5.74, 6) is -1.05. The van der Waals surface area contributed by atoms with E-state index in [0.717, 1.165) is 16.5 Å². The molecule has 0 bridgehead atoms. The van der Waals surface area contributed by atoms with Gasteiger partial charge in [0.25, 0.3) is 0 Å². The summed E-state index contributed by atoms with van der Waals surface area (Å²) in [4.78, 5) is 23.4. The molecule has 0 saturated heterocycles. The Morgan fingerprint density at radius 3 is 2.85 bits per heavy atom. The van der Waals surface area contributed by atoms with Crippen LogP contribution in [0.15, 0.2) is 48.9 Å². The second-order valence-corrected chi connectivity index (χ2v) is 6.27. The van der Waals surface area contributed by atoms with Gasteiger partial charge in [-0.25, -0.2) is 14.6 Å².